The van der Waals surface area contributed by atoms with Crippen molar-refractivity contribution in [3.63, 3.8) is 0 Å². The third-order valence-corrected chi connectivity index (χ3v) is 2.19. The van der Waals surface area contributed by atoms with E-state index in [1.165, 1.54) is 0 Å². The highest BCUT2D eigenvalue weighted by atomic mass is 16.5. The van der Waals surface area contributed by atoms with Crippen LogP contribution in [0.2, 0.25) is 0 Å². The van der Waals surface area contributed by atoms with Crippen LogP contribution in [-0.2, 0) is 16.0 Å². The number of carbonyl (C=O) groups excluding carboxylic acids is 1. The fraction of sp³-hybridized carbons (Fsp3) is 0.600. The van der Waals surface area contributed by atoms with E-state index in [4.69, 9.17) is 14.7 Å². The molecule has 8 heteroatoms. The van der Waals surface area contributed by atoms with Crippen molar-refractivity contribution in [1.29, 1.82) is 0 Å². The van der Waals surface area contributed by atoms with Gasteiger partial charge in [-0.05, 0) is 6.92 Å². The maximum Gasteiger partial charge on any atom is 0.326 e. The van der Waals surface area contributed by atoms with E-state index in [0.717, 1.165) is 0 Å². The summed E-state index contributed by atoms with van der Waals surface area (Å²) in [7, 11) is 0. The smallest absolute Gasteiger partial charge is 0.326 e. The number of aliphatic carboxylic acids is 1. The number of nitrogens with zero attached hydrogens (tertiary/aromatic N) is 2. The van der Waals surface area contributed by atoms with Crippen molar-refractivity contribution in [2.75, 3.05) is 6.61 Å². The largest absolute Gasteiger partial charge is 0.480 e. The number of hydrogen-bond donors (Lipinski definition) is 3. The molecule has 18 heavy (non-hydrogen) atoms. The molecule has 0 fully saturated rings. The van der Waals surface area contributed by atoms with E-state index in [2.05, 4.69) is 15.5 Å². The van der Waals surface area contributed by atoms with Crippen molar-refractivity contribution in [1.82, 2.24) is 15.5 Å². The van der Waals surface area contributed by atoms with Gasteiger partial charge in [0.25, 0.3) is 0 Å². The summed E-state index contributed by atoms with van der Waals surface area (Å²) < 4.78 is 4.82. The number of aliphatic hydroxyl groups excluding tert-OH is 1. The summed E-state index contributed by atoms with van der Waals surface area (Å²) in [6.45, 7) is 1.36. The highest BCUT2D eigenvalue weighted by Gasteiger charge is 2.19. The molecular weight excluding hydrogens is 242 g/mol. The Labute approximate surface area is 103 Å². The fourth-order valence-corrected chi connectivity index (χ4v) is 1.32. The molecule has 0 aliphatic rings. The zero-order chi connectivity index (χ0) is 13.5. The molecule has 100 valence electrons. The number of rotatable bonds is 7. The van der Waals surface area contributed by atoms with Crippen LogP contribution in [0.4, 0.5) is 0 Å². The van der Waals surface area contributed by atoms with Gasteiger partial charge in [0.2, 0.25) is 11.8 Å². The molecule has 0 aromatic carbocycles. The molecule has 0 bridgehead atoms. The van der Waals surface area contributed by atoms with Crippen LogP contribution in [0.25, 0.3) is 0 Å². The van der Waals surface area contributed by atoms with Gasteiger partial charge in [0.1, 0.15) is 6.04 Å². The number of carbonyl (C=O) groups is 2. The first kappa shape index (κ1) is 14.1. The predicted molar refractivity (Wildman–Crippen MR) is 58.6 cm³/mol. The lowest BCUT2D eigenvalue weighted by atomic mass is 10.2. The fourth-order valence-electron chi connectivity index (χ4n) is 1.32. The number of aryl methyl sites for hydroxylation is 2. The van der Waals surface area contributed by atoms with Gasteiger partial charge < -0.3 is 20.1 Å². The Kier molecular flexibility index (Phi) is 5.25. The Morgan fingerprint density at radius 1 is 1.50 bits per heavy atom. The zero-order valence-electron chi connectivity index (χ0n) is 9.92. The van der Waals surface area contributed by atoms with Crippen LogP contribution in [0.1, 0.15) is 24.6 Å². The van der Waals surface area contributed by atoms with Crippen molar-refractivity contribution in [3.8, 4) is 0 Å². The maximum atomic E-state index is 11.5. The summed E-state index contributed by atoms with van der Waals surface area (Å²) in [6, 6.07) is -1.08. The van der Waals surface area contributed by atoms with Crippen LogP contribution < -0.4 is 5.32 Å². The topological polar surface area (TPSA) is 126 Å². The average Bonchev–Trinajstić information content (AvgIpc) is 2.72. The molecule has 1 amide bonds. The summed E-state index contributed by atoms with van der Waals surface area (Å²) >= 11 is 0. The van der Waals surface area contributed by atoms with E-state index < -0.39 is 17.9 Å². The summed E-state index contributed by atoms with van der Waals surface area (Å²) in [4.78, 5) is 26.1. The number of carboxylic acids is 1. The first-order chi connectivity index (χ1) is 8.52. The molecule has 1 atom stereocenters. The zero-order valence-corrected chi connectivity index (χ0v) is 9.92. The van der Waals surface area contributed by atoms with Crippen LogP contribution in [-0.4, -0.2) is 44.9 Å². The minimum Gasteiger partial charge on any atom is -0.480 e. The third-order valence-electron chi connectivity index (χ3n) is 2.19. The molecule has 0 aliphatic carbocycles. The number of carboxylic acid groups (broad SMARTS) is 1. The highest BCUT2D eigenvalue weighted by molar-refractivity contribution is 5.83. The maximum absolute atomic E-state index is 11.5. The van der Waals surface area contributed by atoms with Gasteiger partial charge >= 0.3 is 5.97 Å². The summed E-state index contributed by atoms with van der Waals surface area (Å²) in [6.07, 6.45) is 0.274. The molecule has 1 aromatic rings. The molecule has 8 nitrogen and oxygen atoms in total. The van der Waals surface area contributed by atoms with Crippen molar-refractivity contribution in [2.24, 2.45) is 0 Å². The second-order valence-electron chi connectivity index (χ2n) is 3.71. The van der Waals surface area contributed by atoms with E-state index in [0.29, 0.717) is 11.7 Å². The molecule has 1 heterocycles. The van der Waals surface area contributed by atoms with E-state index >= 15 is 0 Å². The molecule has 1 aromatic heterocycles. The van der Waals surface area contributed by atoms with Gasteiger partial charge in [0.05, 0.1) is 0 Å². The van der Waals surface area contributed by atoms with Crippen LogP contribution in [0.15, 0.2) is 4.52 Å². The van der Waals surface area contributed by atoms with E-state index in [1.54, 1.807) is 6.92 Å². The number of aliphatic hydroxyl groups is 1. The lowest BCUT2D eigenvalue weighted by Gasteiger charge is -2.12. The Balaban J connectivity index is 2.38. The molecule has 0 unspecified atom stereocenters. The molecule has 0 spiro atoms. The van der Waals surface area contributed by atoms with Crippen molar-refractivity contribution < 1.29 is 24.3 Å². The predicted octanol–water partition coefficient (Wildman–Crippen LogP) is -0.738. The Morgan fingerprint density at radius 3 is 2.72 bits per heavy atom. The SMILES string of the molecule is Cc1noc(CCC(=O)N[C@H](CCO)C(=O)O)n1. The lowest BCUT2D eigenvalue weighted by Crippen LogP contribution is -2.41. The minimum atomic E-state index is -1.17. The molecule has 3 N–H and O–H groups in total. The number of hydrogen-bond acceptors (Lipinski definition) is 6. The lowest BCUT2D eigenvalue weighted by molar-refractivity contribution is -0.142. The van der Waals surface area contributed by atoms with Crippen LogP contribution in [0, 0.1) is 6.92 Å². The Morgan fingerprint density at radius 2 is 2.22 bits per heavy atom. The first-order valence-electron chi connectivity index (χ1n) is 5.45. The number of aromatic nitrogens is 2. The number of amides is 1. The first-order valence-corrected chi connectivity index (χ1v) is 5.45. The normalized spacial score (nSPS) is 12.1. The molecule has 0 saturated carbocycles. The van der Waals surface area contributed by atoms with Gasteiger partial charge in [0.15, 0.2) is 5.82 Å². The summed E-state index contributed by atoms with van der Waals surface area (Å²) in [5, 5.41) is 23.3. The van der Waals surface area contributed by atoms with Gasteiger partial charge in [-0.3, -0.25) is 4.79 Å². The van der Waals surface area contributed by atoms with Gasteiger partial charge in [-0.25, -0.2) is 4.79 Å². The third kappa shape index (κ3) is 4.50. The average molecular weight is 257 g/mol. The molecular formula is C10H15N3O5. The van der Waals surface area contributed by atoms with Crippen LogP contribution in [0.3, 0.4) is 0 Å². The Hall–Kier alpha value is -1.96. The van der Waals surface area contributed by atoms with Gasteiger partial charge in [-0.1, -0.05) is 5.16 Å². The van der Waals surface area contributed by atoms with Crippen molar-refractivity contribution in [3.05, 3.63) is 11.7 Å². The van der Waals surface area contributed by atoms with E-state index in [-0.39, 0.29) is 25.9 Å². The molecule has 0 saturated heterocycles. The van der Waals surface area contributed by atoms with Gasteiger partial charge in [-0.2, -0.15) is 4.98 Å². The van der Waals surface area contributed by atoms with Gasteiger partial charge in [-0.15, -0.1) is 0 Å². The van der Waals surface area contributed by atoms with Crippen LogP contribution >= 0.6 is 0 Å². The molecule has 0 aliphatic heterocycles. The van der Waals surface area contributed by atoms with Crippen molar-refractivity contribution >= 4 is 11.9 Å². The van der Waals surface area contributed by atoms with Crippen LogP contribution in [0.5, 0.6) is 0 Å². The highest BCUT2D eigenvalue weighted by Crippen LogP contribution is 2.01. The number of nitrogens with one attached hydrogen (secondary N) is 1. The van der Waals surface area contributed by atoms with Gasteiger partial charge in [0, 0.05) is 25.9 Å². The second-order valence-corrected chi connectivity index (χ2v) is 3.71. The monoisotopic (exact) mass is 257 g/mol. The Bertz CT molecular complexity index is 417. The van der Waals surface area contributed by atoms with E-state index in [9.17, 15) is 9.59 Å². The second kappa shape index (κ2) is 6.70. The molecule has 1 rings (SSSR count). The minimum absolute atomic E-state index is 0.0270. The summed E-state index contributed by atoms with van der Waals surface area (Å²) in [5.74, 6) is -0.802. The van der Waals surface area contributed by atoms with E-state index in [1.807, 2.05) is 0 Å². The summed E-state index contributed by atoms with van der Waals surface area (Å²) in [5.41, 5.74) is 0. The standard InChI is InChI=1S/C10H15N3O5/c1-6-11-9(18-13-6)3-2-8(15)12-7(4-5-14)10(16)17/h7,14H,2-5H2,1H3,(H,12,15)(H,16,17)/t7-/m1/s1. The van der Waals surface area contributed by atoms with Crippen molar-refractivity contribution in [2.45, 2.75) is 32.2 Å². The quantitative estimate of drug-likeness (QED) is 0.587. The molecule has 0 radical (unpaired) electrons.